The summed E-state index contributed by atoms with van der Waals surface area (Å²) < 4.78 is 0. The average molecular weight is 219 g/mol. The van der Waals surface area contributed by atoms with Crippen molar-refractivity contribution in [2.75, 3.05) is 6.54 Å². The molecular weight excluding hydrogens is 194 g/mol. The lowest BCUT2D eigenvalue weighted by molar-refractivity contribution is 0.492. The smallest absolute Gasteiger partial charge is 0.0136 e. The fraction of sp³-hybridized carbons (Fsp3) is 0.600. The Morgan fingerprint density at radius 3 is 2.44 bits per heavy atom. The number of nitrogens with one attached hydrogen (secondary N) is 1. The lowest BCUT2D eigenvalue weighted by Gasteiger charge is -2.20. The second-order valence-electron chi connectivity index (χ2n) is 4.11. The highest BCUT2D eigenvalue weighted by Crippen LogP contribution is 2.34. The van der Waals surface area contributed by atoms with Crippen LogP contribution < -0.4 is 5.32 Å². The Morgan fingerprint density at radius 1 is 1.12 bits per heavy atom. The summed E-state index contributed by atoms with van der Waals surface area (Å²) in [6, 6.07) is 11.6. The third kappa shape index (κ3) is 3.34. The van der Waals surface area contributed by atoms with E-state index in [1.807, 2.05) is 13.8 Å². The molecule has 1 N–H and O–H groups in total. The highest BCUT2D eigenvalue weighted by Gasteiger charge is 2.27. The molecule has 16 heavy (non-hydrogen) atoms. The summed E-state index contributed by atoms with van der Waals surface area (Å²) in [5, 5.41) is 3.59. The molecule has 0 radical (unpaired) electrons. The van der Waals surface area contributed by atoms with Crippen molar-refractivity contribution in [2.45, 2.75) is 52.0 Å². The fourth-order valence-electron chi connectivity index (χ4n) is 2.57. The Labute approximate surface area is 100 Å². The van der Waals surface area contributed by atoms with Crippen molar-refractivity contribution in [3.8, 4) is 0 Å². The van der Waals surface area contributed by atoms with Crippen molar-refractivity contribution in [1.82, 2.24) is 5.32 Å². The Morgan fingerprint density at radius 2 is 1.81 bits per heavy atom. The number of likely N-dealkylation sites (N-methyl/N-ethyl adjacent to an activating group) is 1. The van der Waals surface area contributed by atoms with E-state index < -0.39 is 0 Å². The van der Waals surface area contributed by atoms with Gasteiger partial charge in [-0.05, 0) is 30.9 Å². The predicted octanol–water partition coefficient (Wildman–Crippen LogP) is 3.96. The highest BCUT2D eigenvalue weighted by molar-refractivity contribution is 5.22. The zero-order valence-electron chi connectivity index (χ0n) is 10.9. The molecule has 1 aromatic carbocycles. The Bertz CT molecular complexity index is 268. The van der Waals surface area contributed by atoms with Crippen LogP contribution in [0.5, 0.6) is 0 Å². The molecule has 0 amide bonds. The molecular formula is C15H25N. The second kappa shape index (κ2) is 7.45. The molecule has 1 nitrogen and oxygen atoms in total. The van der Waals surface area contributed by atoms with Crippen LogP contribution in [0, 0.1) is 0 Å². The molecule has 1 saturated carbocycles. The lowest BCUT2D eigenvalue weighted by atomic mass is 9.94. The quantitative estimate of drug-likeness (QED) is 0.811. The lowest BCUT2D eigenvalue weighted by Crippen LogP contribution is -2.30. The molecule has 0 saturated heterocycles. The van der Waals surface area contributed by atoms with Crippen LogP contribution in [0.2, 0.25) is 0 Å². The summed E-state index contributed by atoms with van der Waals surface area (Å²) >= 11 is 0. The van der Waals surface area contributed by atoms with E-state index in [1.54, 1.807) is 0 Å². The van der Waals surface area contributed by atoms with Gasteiger partial charge in [0.05, 0.1) is 0 Å². The molecule has 0 bridgehead atoms. The maximum absolute atomic E-state index is 3.59. The summed E-state index contributed by atoms with van der Waals surface area (Å²) in [6.07, 6.45) is 4.06. The van der Waals surface area contributed by atoms with E-state index in [4.69, 9.17) is 0 Å². The summed E-state index contributed by atoms with van der Waals surface area (Å²) in [7, 11) is 0. The van der Waals surface area contributed by atoms with Gasteiger partial charge >= 0.3 is 0 Å². The van der Waals surface area contributed by atoms with Crippen LogP contribution in [0.15, 0.2) is 30.3 Å². The van der Waals surface area contributed by atoms with Crippen molar-refractivity contribution >= 4 is 0 Å². The number of hydrogen-bond donors (Lipinski definition) is 1. The van der Waals surface area contributed by atoms with E-state index in [1.165, 1.54) is 24.8 Å². The van der Waals surface area contributed by atoms with Gasteiger partial charge < -0.3 is 5.32 Å². The molecule has 1 aliphatic carbocycles. The van der Waals surface area contributed by atoms with Gasteiger partial charge in [-0.1, -0.05) is 57.5 Å². The molecule has 1 aliphatic rings. The van der Waals surface area contributed by atoms with Gasteiger partial charge in [-0.15, -0.1) is 0 Å². The first-order chi connectivity index (χ1) is 7.92. The van der Waals surface area contributed by atoms with E-state index in [-0.39, 0.29) is 0 Å². The molecule has 0 aliphatic heterocycles. The van der Waals surface area contributed by atoms with Gasteiger partial charge in [-0.25, -0.2) is 0 Å². The molecule has 0 spiro atoms. The zero-order valence-corrected chi connectivity index (χ0v) is 10.9. The molecule has 0 aromatic heterocycles. The Hall–Kier alpha value is -0.820. The minimum atomic E-state index is 0.711. The van der Waals surface area contributed by atoms with Crippen molar-refractivity contribution in [2.24, 2.45) is 0 Å². The molecule has 90 valence electrons. The van der Waals surface area contributed by atoms with Crippen LogP contribution in [0.3, 0.4) is 0 Å². The third-order valence-electron chi connectivity index (χ3n) is 3.21. The largest absolute Gasteiger partial charge is 0.314 e. The van der Waals surface area contributed by atoms with E-state index in [0.717, 1.165) is 12.5 Å². The summed E-state index contributed by atoms with van der Waals surface area (Å²) in [4.78, 5) is 0. The van der Waals surface area contributed by atoms with Crippen LogP contribution in [-0.2, 0) is 0 Å². The van der Waals surface area contributed by atoms with Crippen molar-refractivity contribution in [3.05, 3.63) is 35.9 Å². The minimum Gasteiger partial charge on any atom is -0.314 e. The topological polar surface area (TPSA) is 12.0 Å². The van der Waals surface area contributed by atoms with Gasteiger partial charge in [0.25, 0.3) is 0 Å². The molecule has 1 fully saturated rings. The second-order valence-corrected chi connectivity index (χ2v) is 4.11. The summed E-state index contributed by atoms with van der Waals surface area (Å²) in [5.74, 6) is 0.746. The van der Waals surface area contributed by atoms with Crippen LogP contribution in [0.4, 0.5) is 0 Å². The molecule has 2 atom stereocenters. The average Bonchev–Trinajstić information content (AvgIpc) is 2.82. The number of rotatable bonds is 3. The molecule has 1 aromatic rings. The summed E-state index contributed by atoms with van der Waals surface area (Å²) in [6.45, 7) is 7.29. The van der Waals surface area contributed by atoms with Gasteiger partial charge in [-0.3, -0.25) is 0 Å². The van der Waals surface area contributed by atoms with Gasteiger partial charge in [0.15, 0.2) is 0 Å². The van der Waals surface area contributed by atoms with Crippen molar-refractivity contribution < 1.29 is 0 Å². The van der Waals surface area contributed by atoms with Gasteiger partial charge in [0, 0.05) is 6.04 Å². The van der Waals surface area contributed by atoms with Gasteiger partial charge in [0.1, 0.15) is 0 Å². The SMILES string of the molecule is CC.CCNC1CCCC1c1ccccc1. The molecule has 0 heterocycles. The van der Waals surface area contributed by atoms with E-state index in [0.29, 0.717) is 6.04 Å². The maximum Gasteiger partial charge on any atom is 0.0136 e. The van der Waals surface area contributed by atoms with Crippen LogP contribution in [0.25, 0.3) is 0 Å². The van der Waals surface area contributed by atoms with Crippen LogP contribution in [-0.4, -0.2) is 12.6 Å². The Balaban J connectivity index is 0.000000606. The van der Waals surface area contributed by atoms with Gasteiger partial charge in [-0.2, -0.15) is 0 Å². The first-order valence-corrected chi connectivity index (χ1v) is 6.70. The Kier molecular flexibility index (Phi) is 6.17. The third-order valence-corrected chi connectivity index (χ3v) is 3.21. The molecule has 1 heteroatoms. The zero-order chi connectivity index (χ0) is 11.8. The first-order valence-electron chi connectivity index (χ1n) is 6.70. The normalized spacial score (nSPS) is 23.7. The maximum atomic E-state index is 3.59. The highest BCUT2D eigenvalue weighted by atomic mass is 14.9. The summed E-state index contributed by atoms with van der Waals surface area (Å²) in [5.41, 5.74) is 1.51. The predicted molar refractivity (Wildman–Crippen MR) is 71.8 cm³/mol. The number of benzene rings is 1. The first kappa shape index (κ1) is 13.2. The fourth-order valence-corrected chi connectivity index (χ4v) is 2.57. The van der Waals surface area contributed by atoms with Crippen molar-refractivity contribution in [3.63, 3.8) is 0 Å². The monoisotopic (exact) mass is 219 g/mol. The molecule has 2 unspecified atom stereocenters. The van der Waals surface area contributed by atoms with E-state index in [9.17, 15) is 0 Å². The van der Waals surface area contributed by atoms with Crippen LogP contribution in [0.1, 0.15) is 51.5 Å². The number of hydrogen-bond acceptors (Lipinski definition) is 1. The van der Waals surface area contributed by atoms with E-state index >= 15 is 0 Å². The van der Waals surface area contributed by atoms with Crippen molar-refractivity contribution in [1.29, 1.82) is 0 Å². The molecule has 2 rings (SSSR count). The minimum absolute atomic E-state index is 0.711. The van der Waals surface area contributed by atoms with E-state index in [2.05, 4.69) is 42.6 Å². The van der Waals surface area contributed by atoms with Gasteiger partial charge in [0.2, 0.25) is 0 Å². The van der Waals surface area contributed by atoms with Crippen LogP contribution >= 0.6 is 0 Å². The standard InChI is InChI=1S/C13H19N.C2H6/c1-2-14-13-10-6-9-12(13)11-7-4-3-5-8-11;1-2/h3-5,7-8,12-14H,2,6,9-10H2,1H3;1-2H3.